The monoisotopic (exact) mass is 876 g/mol. The van der Waals surface area contributed by atoms with Crippen molar-refractivity contribution in [3.05, 3.63) is 144 Å². The maximum Gasteiger partial charge on any atom is 0.303 e. The van der Waals surface area contributed by atoms with E-state index in [0.29, 0.717) is 77.5 Å². The molecule has 0 atom stereocenters. The summed E-state index contributed by atoms with van der Waals surface area (Å²) in [7, 11) is 0. The zero-order valence-electron chi connectivity index (χ0n) is 36.3. The van der Waals surface area contributed by atoms with Crippen LogP contribution in [0.5, 0.6) is 0 Å². The molecule has 0 radical (unpaired) electrons. The predicted molar refractivity (Wildman–Crippen MR) is 248 cm³/mol. The Hall–Kier alpha value is -8.62. The number of aliphatic carboxylic acids is 2. The number of benzene rings is 5. The van der Waals surface area contributed by atoms with Crippen molar-refractivity contribution < 1.29 is 28.8 Å². The molecule has 0 saturated heterocycles. The van der Waals surface area contributed by atoms with Gasteiger partial charge in [0.25, 0.3) is 11.8 Å². The lowest BCUT2D eigenvalue weighted by Crippen LogP contribution is -2.00. The molecule has 2 N–H and O–H groups in total. The minimum Gasteiger partial charge on any atom is -0.481 e. The zero-order valence-corrected chi connectivity index (χ0v) is 36.3. The summed E-state index contributed by atoms with van der Waals surface area (Å²) in [6.45, 7) is 5.48. The van der Waals surface area contributed by atoms with Crippen LogP contribution < -0.4 is 0 Å². The van der Waals surface area contributed by atoms with Crippen molar-refractivity contribution in [1.82, 2.24) is 29.4 Å². The van der Waals surface area contributed by atoms with Crippen LogP contribution in [0.1, 0.15) is 56.2 Å². The number of hydrogen-bond acceptors (Lipinski definition) is 10. The van der Waals surface area contributed by atoms with Crippen LogP contribution in [0.2, 0.25) is 0 Å². The Morgan fingerprint density at radius 3 is 1.62 bits per heavy atom. The van der Waals surface area contributed by atoms with Gasteiger partial charge in [-0.15, -0.1) is 0 Å². The lowest BCUT2D eigenvalue weighted by atomic mass is 9.97. The van der Waals surface area contributed by atoms with Gasteiger partial charge in [0.05, 0.1) is 23.3 Å². The maximum absolute atomic E-state index is 10.8. The summed E-state index contributed by atoms with van der Waals surface area (Å²) >= 11 is 0. The van der Waals surface area contributed by atoms with Gasteiger partial charge in [-0.2, -0.15) is 20.5 Å². The molecule has 0 unspecified atom stereocenters. The van der Waals surface area contributed by atoms with E-state index in [1.165, 1.54) is 0 Å². The molecular weight excluding hydrogens is 833 g/mol. The molecule has 0 fully saturated rings. The topological polar surface area (TPSA) is 210 Å². The number of carboxylic acid groups (broad SMARTS) is 2. The summed E-state index contributed by atoms with van der Waals surface area (Å²) in [4.78, 5) is 30.8. The van der Waals surface area contributed by atoms with E-state index in [-0.39, 0.29) is 12.8 Å². The quantitative estimate of drug-likeness (QED) is 0.0985. The van der Waals surface area contributed by atoms with Crippen molar-refractivity contribution in [2.24, 2.45) is 5.92 Å². The van der Waals surface area contributed by atoms with Gasteiger partial charge in [-0.05, 0) is 90.4 Å². The number of aromatic nitrogens is 6. The van der Waals surface area contributed by atoms with Gasteiger partial charge >= 0.3 is 11.9 Å². The Morgan fingerprint density at radius 2 is 1.12 bits per heavy atom. The number of carboxylic acids is 2. The average molecular weight is 877 g/mol. The number of carbonyl (C=O) groups is 2. The molecule has 0 aliphatic carbocycles. The van der Waals surface area contributed by atoms with Crippen LogP contribution in [0.3, 0.4) is 0 Å². The average Bonchev–Trinajstić information content (AvgIpc) is 4.17. The predicted octanol–water partition coefficient (Wildman–Crippen LogP) is 11.1. The van der Waals surface area contributed by atoms with Crippen LogP contribution in [0.15, 0.2) is 137 Å². The lowest BCUT2D eigenvalue weighted by molar-refractivity contribution is -0.138. The number of nitriles is 2. The SMILES string of the molecule is CC(C)Cc1ccc(-c2nc(-c3cccc4c3ccn4CCCC(=O)O)no2)cc1C#N.N#Cc1cc(-c2nc(-c3cccc4c3ccn4CCCC(=O)O)no2)ccc1-c1ccccc1. The van der Waals surface area contributed by atoms with E-state index in [9.17, 15) is 20.1 Å². The Balaban J connectivity index is 0.000000180. The molecule has 0 aliphatic heterocycles. The van der Waals surface area contributed by atoms with Crippen molar-refractivity contribution in [3.8, 4) is 68.9 Å². The van der Waals surface area contributed by atoms with E-state index in [0.717, 1.165) is 56.0 Å². The van der Waals surface area contributed by atoms with E-state index in [1.807, 2.05) is 125 Å². The van der Waals surface area contributed by atoms with Gasteiger partial charge in [0.15, 0.2) is 0 Å². The standard InChI is InChI=1S/C27H20N4O3.C25H24N4O3/c28-17-20-16-19(11-12-21(20)18-6-2-1-3-7-18)27-29-26(30-34-27)23-8-4-9-24-22(23)13-15-31(24)14-5-10-25(32)33;1-16(2)13-17-8-9-18(14-19(17)15-26)25-27-24(28-32-25)21-5-3-6-22-20(21)10-12-29(22)11-4-7-23(30)31/h1-4,6-9,11-13,15-16H,5,10,14H2,(H,32,33);3,5-6,8-10,12,14,16H,4,7,11,13H2,1-2H3,(H,30,31). The fourth-order valence-corrected chi connectivity index (χ4v) is 8.00. The first-order valence-electron chi connectivity index (χ1n) is 21.5. The van der Waals surface area contributed by atoms with Crippen molar-refractivity contribution in [2.45, 2.75) is 59.0 Å². The molecule has 0 aliphatic rings. The smallest absolute Gasteiger partial charge is 0.303 e. The van der Waals surface area contributed by atoms with Gasteiger partial charge in [0.1, 0.15) is 0 Å². The van der Waals surface area contributed by atoms with E-state index < -0.39 is 11.9 Å². The molecule has 0 saturated carbocycles. The normalized spacial score (nSPS) is 11.0. The minimum atomic E-state index is -0.798. The molecule has 66 heavy (non-hydrogen) atoms. The summed E-state index contributed by atoms with van der Waals surface area (Å²) in [6, 6.07) is 41.1. The highest BCUT2D eigenvalue weighted by atomic mass is 16.5. The van der Waals surface area contributed by atoms with Gasteiger partial charge < -0.3 is 28.4 Å². The van der Waals surface area contributed by atoms with Crippen molar-refractivity contribution >= 4 is 33.7 Å². The third-order valence-corrected chi connectivity index (χ3v) is 11.1. The second kappa shape index (κ2) is 19.8. The highest BCUT2D eigenvalue weighted by molar-refractivity contribution is 5.95. The molecule has 14 heteroatoms. The third kappa shape index (κ3) is 9.78. The lowest BCUT2D eigenvalue weighted by Gasteiger charge is -2.07. The van der Waals surface area contributed by atoms with Gasteiger partial charge in [-0.25, -0.2) is 0 Å². The first-order chi connectivity index (χ1) is 32.1. The summed E-state index contributed by atoms with van der Waals surface area (Å²) in [5, 5.41) is 47.3. The fourth-order valence-electron chi connectivity index (χ4n) is 8.00. The molecule has 5 aromatic carbocycles. The van der Waals surface area contributed by atoms with Crippen LogP contribution in [-0.4, -0.2) is 51.6 Å². The number of nitrogens with zero attached hydrogens (tertiary/aromatic N) is 8. The van der Waals surface area contributed by atoms with Gasteiger partial charge in [-0.1, -0.05) is 90.9 Å². The largest absolute Gasteiger partial charge is 0.481 e. The molecule has 4 aromatic heterocycles. The Kier molecular flexibility index (Phi) is 13.2. The Morgan fingerprint density at radius 1 is 0.606 bits per heavy atom. The van der Waals surface area contributed by atoms with Gasteiger partial charge in [0.2, 0.25) is 11.6 Å². The molecule has 0 amide bonds. The van der Waals surface area contributed by atoms with Crippen LogP contribution in [-0.2, 0) is 29.1 Å². The zero-order chi connectivity index (χ0) is 46.2. The highest BCUT2D eigenvalue weighted by Gasteiger charge is 2.18. The maximum atomic E-state index is 10.8. The molecular formula is C52H44N8O6. The Labute approximate surface area is 379 Å². The summed E-state index contributed by atoms with van der Waals surface area (Å²) in [5.74, 6) is 0.494. The van der Waals surface area contributed by atoms with Crippen LogP contribution in [0.4, 0.5) is 0 Å². The van der Waals surface area contributed by atoms with Crippen LogP contribution >= 0.6 is 0 Å². The van der Waals surface area contributed by atoms with E-state index in [4.69, 9.17) is 19.3 Å². The summed E-state index contributed by atoms with van der Waals surface area (Å²) < 4.78 is 15.2. The molecule has 0 bridgehead atoms. The first-order valence-corrected chi connectivity index (χ1v) is 21.5. The van der Waals surface area contributed by atoms with Gasteiger partial charge in [-0.3, -0.25) is 9.59 Å². The molecule has 14 nitrogen and oxygen atoms in total. The van der Waals surface area contributed by atoms with Crippen LogP contribution in [0.25, 0.3) is 78.6 Å². The first kappa shape index (κ1) is 44.0. The number of aryl methyl sites for hydroxylation is 2. The van der Waals surface area contributed by atoms with E-state index in [2.05, 4.69) is 46.3 Å². The summed E-state index contributed by atoms with van der Waals surface area (Å²) in [6.07, 6.45) is 6.10. The Bertz CT molecular complexity index is 3270. The van der Waals surface area contributed by atoms with Crippen molar-refractivity contribution in [2.75, 3.05) is 0 Å². The van der Waals surface area contributed by atoms with E-state index >= 15 is 0 Å². The van der Waals surface area contributed by atoms with E-state index in [1.54, 1.807) is 12.1 Å². The molecule has 328 valence electrons. The second-order valence-corrected chi connectivity index (χ2v) is 16.2. The van der Waals surface area contributed by atoms with Crippen molar-refractivity contribution in [3.63, 3.8) is 0 Å². The number of fused-ring (bicyclic) bond motifs is 2. The fraction of sp³-hybridized carbons (Fsp3) is 0.192. The second-order valence-electron chi connectivity index (χ2n) is 16.2. The van der Waals surface area contributed by atoms with Crippen LogP contribution in [0, 0.1) is 28.6 Å². The highest BCUT2D eigenvalue weighted by Crippen LogP contribution is 2.33. The third-order valence-electron chi connectivity index (χ3n) is 11.1. The molecule has 9 aromatic rings. The molecule has 9 rings (SSSR count). The number of rotatable bonds is 15. The van der Waals surface area contributed by atoms with Crippen molar-refractivity contribution in [1.29, 1.82) is 10.5 Å². The molecule has 4 heterocycles. The summed E-state index contributed by atoms with van der Waals surface area (Å²) in [5.41, 5.74) is 9.01. The minimum absolute atomic E-state index is 0.126. The number of hydrogen-bond donors (Lipinski definition) is 2. The molecule has 0 spiro atoms. The van der Waals surface area contributed by atoms with Gasteiger partial charge in [0, 0.05) is 82.4 Å².